The van der Waals surface area contributed by atoms with Crippen LogP contribution in [0.3, 0.4) is 0 Å². The number of hydrogen-bond acceptors (Lipinski definition) is 2. The van der Waals surface area contributed by atoms with Crippen LogP contribution >= 0.6 is 0 Å². The first kappa shape index (κ1) is 13.1. The number of likely N-dealkylation sites (tertiary alicyclic amines) is 1. The van der Waals surface area contributed by atoms with Crippen molar-refractivity contribution < 1.29 is 18.0 Å². The minimum atomic E-state index is -4.35. The molecule has 1 aliphatic rings. The average Bonchev–Trinajstić information content (AvgIpc) is 2.25. The summed E-state index contributed by atoms with van der Waals surface area (Å²) in [5, 5.41) is 4.89. The Morgan fingerprint density at radius 1 is 1.50 bits per heavy atom. The Morgan fingerprint density at radius 3 is 2.75 bits per heavy atom. The van der Waals surface area contributed by atoms with E-state index in [0.29, 0.717) is 13.1 Å². The molecule has 0 aromatic heterocycles. The highest BCUT2D eigenvalue weighted by Gasteiger charge is 2.30. The number of rotatable bonds is 2. The summed E-state index contributed by atoms with van der Waals surface area (Å²) in [5.41, 5.74) is 0. The number of carbonyl (C=O) groups is 1. The summed E-state index contributed by atoms with van der Waals surface area (Å²) in [6.07, 6.45) is -2.60. The lowest BCUT2D eigenvalue weighted by Crippen LogP contribution is -2.51. The van der Waals surface area contributed by atoms with Crippen LogP contribution in [0.4, 0.5) is 18.0 Å². The van der Waals surface area contributed by atoms with Gasteiger partial charge in [0.15, 0.2) is 0 Å². The molecule has 1 atom stereocenters. The molecule has 0 saturated carbocycles. The first-order valence-corrected chi connectivity index (χ1v) is 5.19. The SMILES string of the molecule is CNC1CCCN(C(=O)NCC(F)(F)F)C1. The standard InChI is InChI=1S/C9H16F3N3O/c1-13-7-3-2-4-15(5-7)8(16)14-6-9(10,11)12/h7,13H,2-6H2,1H3,(H,14,16). The van der Waals surface area contributed by atoms with Gasteiger partial charge in [-0.05, 0) is 19.9 Å². The van der Waals surface area contributed by atoms with Crippen LogP contribution in [-0.4, -0.2) is 49.8 Å². The molecule has 4 nitrogen and oxygen atoms in total. The Morgan fingerprint density at radius 2 is 2.19 bits per heavy atom. The minimum absolute atomic E-state index is 0.172. The van der Waals surface area contributed by atoms with Crippen LogP contribution in [0.25, 0.3) is 0 Å². The smallest absolute Gasteiger partial charge is 0.329 e. The first-order chi connectivity index (χ1) is 7.42. The molecule has 1 aliphatic heterocycles. The monoisotopic (exact) mass is 239 g/mol. The lowest BCUT2D eigenvalue weighted by Gasteiger charge is -2.32. The first-order valence-electron chi connectivity index (χ1n) is 5.19. The number of hydrogen-bond donors (Lipinski definition) is 2. The van der Waals surface area contributed by atoms with E-state index in [1.54, 1.807) is 7.05 Å². The van der Waals surface area contributed by atoms with Gasteiger partial charge in [-0.15, -0.1) is 0 Å². The van der Waals surface area contributed by atoms with Gasteiger partial charge in [0, 0.05) is 19.1 Å². The van der Waals surface area contributed by atoms with Crippen LogP contribution in [-0.2, 0) is 0 Å². The zero-order chi connectivity index (χ0) is 12.2. The summed E-state index contributed by atoms with van der Waals surface area (Å²) < 4.78 is 35.6. The molecule has 16 heavy (non-hydrogen) atoms. The largest absolute Gasteiger partial charge is 0.405 e. The Labute approximate surface area is 92.2 Å². The van der Waals surface area contributed by atoms with Crippen LogP contribution in [0.5, 0.6) is 0 Å². The summed E-state index contributed by atoms with van der Waals surface area (Å²) in [5.74, 6) is 0. The van der Waals surface area contributed by atoms with E-state index in [1.807, 2.05) is 5.32 Å². The third kappa shape index (κ3) is 4.26. The zero-order valence-corrected chi connectivity index (χ0v) is 9.10. The second-order valence-corrected chi connectivity index (χ2v) is 3.85. The van der Waals surface area contributed by atoms with Gasteiger partial charge in [0.05, 0.1) is 0 Å². The van der Waals surface area contributed by atoms with Crippen molar-refractivity contribution >= 4 is 6.03 Å². The van der Waals surface area contributed by atoms with Crippen molar-refractivity contribution in [1.82, 2.24) is 15.5 Å². The van der Waals surface area contributed by atoms with E-state index in [9.17, 15) is 18.0 Å². The summed E-state index contributed by atoms with van der Waals surface area (Å²) >= 11 is 0. The second kappa shape index (κ2) is 5.38. The maximum atomic E-state index is 11.9. The molecular formula is C9H16F3N3O. The third-order valence-electron chi connectivity index (χ3n) is 2.56. The summed E-state index contributed by atoms with van der Waals surface area (Å²) in [6, 6.07) is -0.470. The maximum absolute atomic E-state index is 11.9. The molecule has 0 spiro atoms. The highest BCUT2D eigenvalue weighted by molar-refractivity contribution is 5.74. The van der Waals surface area contributed by atoms with Gasteiger partial charge in [-0.25, -0.2) is 4.79 Å². The Bertz CT molecular complexity index is 245. The van der Waals surface area contributed by atoms with Crippen LogP contribution in [0.15, 0.2) is 0 Å². The van der Waals surface area contributed by atoms with E-state index >= 15 is 0 Å². The molecule has 0 aromatic rings. The molecule has 2 N–H and O–H groups in total. The van der Waals surface area contributed by atoms with Gasteiger partial charge in [0.25, 0.3) is 0 Å². The molecule has 0 radical (unpaired) electrons. The number of likely N-dealkylation sites (N-methyl/N-ethyl adjacent to an activating group) is 1. The fourth-order valence-corrected chi connectivity index (χ4v) is 1.68. The van der Waals surface area contributed by atoms with Crippen molar-refractivity contribution in [3.8, 4) is 0 Å². The van der Waals surface area contributed by atoms with Gasteiger partial charge < -0.3 is 15.5 Å². The Kier molecular flexibility index (Phi) is 4.40. The van der Waals surface area contributed by atoms with Gasteiger partial charge in [-0.2, -0.15) is 13.2 Å². The van der Waals surface area contributed by atoms with Crippen molar-refractivity contribution in [2.75, 3.05) is 26.7 Å². The lowest BCUT2D eigenvalue weighted by atomic mass is 10.1. The molecule has 7 heteroatoms. The number of nitrogens with zero attached hydrogens (tertiary/aromatic N) is 1. The molecule has 1 rings (SSSR count). The molecule has 0 aromatic carbocycles. The van der Waals surface area contributed by atoms with E-state index in [2.05, 4.69) is 5.32 Å². The van der Waals surface area contributed by atoms with Gasteiger partial charge in [0.2, 0.25) is 0 Å². The van der Waals surface area contributed by atoms with Crippen molar-refractivity contribution in [2.24, 2.45) is 0 Å². The zero-order valence-electron chi connectivity index (χ0n) is 9.10. The molecule has 1 fully saturated rings. The summed E-state index contributed by atoms with van der Waals surface area (Å²) in [7, 11) is 1.78. The van der Waals surface area contributed by atoms with E-state index in [4.69, 9.17) is 0 Å². The van der Waals surface area contributed by atoms with E-state index < -0.39 is 18.8 Å². The predicted molar refractivity (Wildman–Crippen MR) is 53.1 cm³/mol. The van der Waals surface area contributed by atoms with Crippen molar-refractivity contribution in [2.45, 2.75) is 25.1 Å². The van der Waals surface area contributed by atoms with Crippen molar-refractivity contribution in [3.63, 3.8) is 0 Å². The molecule has 1 heterocycles. The fraction of sp³-hybridized carbons (Fsp3) is 0.889. The molecule has 2 amide bonds. The van der Waals surface area contributed by atoms with E-state index in [0.717, 1.165) is 12.8 Å². The average molecular weight is 239 g/mol. The number of alkyl halides is 3. The highest BCUT2D eigenvalue weighted by atomic mass is 19.4. The van der Waals surface area contributed by atoms with Gasteiger partial charge in [-0.3, -0.25) is 0 Å². The fourth-order valence-electron chi connectivity index (χ4n) is 1.68. The number of carbonyl (C=O) groups excluding carboxylic acids is 1. The molecular weight excluding hydrogens is 223 g/mol. The summed E-state index contributed by atoms with van der Waals surface area (Å²) in [6.45, 7) is -0.297. The quantitative estimate of drug-likeness (QED) is 0.753. The third-order valence-corrected chi connectivity index (χ3v) is 2.56. The molecule has 94 valence electrons. The normalized spacial score (nSPS) is 22.0. The molecule has 1 saturated heterocycles. The van der Waals surface area contributed by atoms with Crippen LogP contribution < -0.4 is 10.6 Å². The number of amides is 2. The Hall–Kier alpha value is -0.980. The molecule has 1 unspecified atom stereocenters. The number of nitrogens with one attached hydrogen (secondary N) is 2. The van der Waals surface area contributed by atoms with Crippen LogP contribution in [0.2, 0.25) is 0 Å². The summed E-state index contributed by atoms with van der Waals surface area (Å²) in [4.78, 5) is 12.8. The maximum Gasteiger partial charge on any atom is 0.405 e. The number of piperidine rings is 1. The molecule has 0 bridgehead atoms. The second-order valence-electron chi connectivity index (χ2n) is 3.85. The van der Waals surface area contributed by atoms with E-state index in [-0.39, 0.29) is 6.04 Å². The van der Waals surface area contributed by atoms with Crippen LogP contribution in [0, 0.1) is 0 Å². The van der Waals surface area contributed by atoms with E-state index in [1.165, 1.54) is 4.90 Å². The van der Waals surface area contributed by atoms with Crippen molar-refractivity contribution in [3.05, 3.63) is 0 Å². The van der Waals surface area contributed by atoms with Crippen molar-refractivity contribution in [1.29, 1.82) is 0 Å². The molecule has 0 aliphatic carbocycles. The number of urea groups is 1. The Balaban J connectivity index is 2.36. The predicted octanol–water partition coefficient (Wildman–Crippen LogP) is 0.942. The lowest BCUT2D eigenvalue weighted by molar-refractivity contribution is -0.123. The van der Waals surface area contributed by atoms with Gasteiger partial charge >= 0.3 is 12.2 Å². The van der Waals surface area contributed by atoms with Gasteiger partial charge in [0.1, 0.15) is 6.54 Å². The highest BCUT2D eigenvalue weighted by Crippen LogP contribution is 2.13. The topological polar surface area (TPSA) is 44.4 Å². The number of halogens is 3. The minimum Gasteiger partial charge on any atom is -0.329 e. The van der Waals surface area contributed by atoms with Gasteiger partial charge in [-0.1, -0.05) is 0 Å². The van der Waals surface area contributed by atoms with Crippen LogP contribution in [0.1, 0.15) is 12.8 Å².